The van der Waals surface area contributed by atoms with Gasteiger partial charge in [0, 0.05) is 10.9 Å². The molecule has 3 rings (SSSR count). The van der Waals surface area contributed by atoms with Gasteiger partial charge in [0.2, 0.25) is 17.0 Å². The van der Waals surface area contributed by atoms with Gasteiger partial charge in [-0.05, 0) is 18.9 Å². The van der Waals surface area contributed by atoms with E-state index < -0.39 is 0 Å². The third kappa shape index (κ3) is 4.37. The Bertz CT molecular complexity index is 858. The number of aryl methyl sites for hydroxylation is 1. The molecule has 0 fully saturated rings. The standard InChI is InChI=1S/C16H18N6OS2/c1-3-10-4-6-11(7-5-10)12-8-24-15(18-12)19-13(23)9(2)25-16-20-14(17)21-22-16/h4-9H,3H2,1-2H3,(H,18,19,23)(H3,17,20,21,22)/t9-/m1/s1. The molecule has 0 spiro atoms. The zero-order valence-electron chi connectivity index (χ0n) is 13.8. The molecular weight excluding hydrogens is 356 g/mol. The number of anilines is 2. The Kier molecular flexibility index (Phi) is 5.34. The zero-order valence-corrected chi connectivity index (χ0v) is 15.4. The van der Waals surface area contributed by atoms with E-state index in [2.05, 4.69) is 44.5 Å². The van der Waals surface area contributed by atoms with Crippen LogP contribution in [0.3, 0.4) is 0 Å². The number of nitrogens with one attached hydrogen (secondary N) is 2. The largest absolute Gasteiger partial charge is 0.368 e. The van der Waals surface area contributed by atoms with Crippen LogP contribution in [0.15, 0.2) is 34.8 Å². The summed E-state index contributed by atoms with van der Waals surface area (Å²) in [4.78, 5) is 20.8. The molecule has 0 radical (unpaired) electrons. The van der Waals surface area contributed by atoms with Crippen molar-refractivity contribution in [3.63, 3.8) is 0 Å². The second-order valence-electron chi connectivity index (χ2n) is 5.34. The number of aromatic amines is 1. The summed E-state index contributed by atoms with van der Waals surface area (Å²) >= 11 is 2.63. The predicted molar refractivity (Wildman–Crippen MR) is 102 cm³/mol. The van der Waals surface area contributed by atoms with E-state index in [-0.39, 0.29) is 17.1 Å². The highest BCUT2D eigenvalue weighted by Gasteiger charge is 2.18. The minimum Gasteiger partial charge on any atom is -0.368 e. The van der Waals surface area contributed by atoms with E-state index in [9.17, 15) is 4.79 Å². The summed E-state index contributed by atoms with van der Waals surface area (Å²) in [7, 11) is 0. The summed E-state index contributed by atoms with van der Waals surface area (Å²) in [6.07, 6.45) is 1.00. The van der Waals surface area contributed by atoms with Crippen molar-refractivity contribution in [2.75, 3.05) is 11.1 Å². The molecule has 25 heavy (non-hydrogen) atoms. The Morgan fingerprint density at radius 3 is 2.76 bits per heavy atom. The quantitative estimate of drug-likeness (QED) is 0.572. The molecule has 130 valence electrons. The monoisotopic (exact) mass is 374 g/mol. The number of aromatic nitrogens is 4. The molecule has 9 heteroatoms. The number of nitrogens with two attached hydrogens (primary N) is 1. The smallest absolute Gasteiger partial charge is 0.239 e. The Morgan fingerprint density at radius 1 is 1.36 bits per heavy atom. The number of carbonyl (C=O) groups excluding carboxylic acids is 1. The van der Waals surface area contributed by atoms with Gasteiger partial charge in [0.15, 0.2) is 5.13 Å². The number of thioether (sulfide) groups is 1. The van der Waals surface area contributed by atoms with Crippen molar-refractivity contribution in [3.05, 3.63) is 35.2 Å². The lowest BCUT2D eigenvalue weighted by atomic mass is 10.1. The molecule has 7 nitrogen and oxygen atoms in total. The first kappa shape index (κ1) is 17.4. The van der Waals surface area contributed by atoms with E-state index in [1.165, 1.54) is 28.7 Å². The molecule has 1 aromatic carbocycles. The normalized spacial score (nSPS) is 12.1. The number of H-pyrrole nitrogens is 1. The lowest BCUT2D eigenvalue weighted by Gasteiger charge is -2.07. The summed E-state index contributed by atoms with van der Waals surface area (Å²) in [6.45, 7) is 3.90. The van der Waals surface area contributed by atoms with Gasteiger partial charge in [0.25, 0.3) is 0 Å². The second-order valence-corrected chi connectivity index (χ2v) is 7.51. The second kappa shape index (κ2) is 7.66. The molecule has 0 bridgehead atoms. The molecule has 1 atom stereocenters. The van der Waals surface area contributed by atoms with Crippen LogP contribution in [0.25, 0.3) is 11.3 Å². The molecule has 3 aromatic rings. The summed E-state index contributed by atoms with van der Waals surface area (Å²) < 4.78 is 0. The van der Waals surface area contributed by atoms with E-state index in [0.29, 0.717) is 10.3 Å². The number of hydrogen-bond acceptors (Lipinski definition) is 7. The van der Waals surface area contributed by atoms with Crippen molar-refractivity contribution in [2.24, 2.45) is 0 Å². The van der Waals surface area contributed by atoms with E-state index in [1.54, 1.807) is 6.92 Å². The van der Waals surface area contributed by atoms with Crippen LogP contribution in [-0.2, 0) is 11.2 Å². The van der Waals surface area contributed by atoms with Gasteiger partial charge in [-0.3, -0.25) is 4.79 Å². The van der Waals surface area contributed by atoms with Crippen molar-refractivity contribution in [1.82, 2.24) is 20.2 Å². The highest BCUT2D eigenvalue weighted by molar-refractivity contribution is 8.00. The maximum atomic E-state index is 12.3. The zero-order chi connectivity index (χ0) is 17.8. The van der Waals surface area contributed by atoms with Crippen molar-refractivity contribution in [2.45, 2.75) is 30.7 Å². The first-order valence-corrected chi connectivity index (χ1v) is 9.51. The number of amides is 1. The lowest BCUT2D eigenvalue weighted by molar-refractivity contribution is -0.115. The van der Waals surface area contributed by atoms with E-state index in [4.69, 9.17) is 5.73 Å². The minimum atomic E-state index is -0.369. The number of rotatable bonds is 6. The van der Waals surface area contributed by atoms with Crippen LogP contribution in [0.4, 0.5) is 11.1 Å². The fourth-order valence-corrected chi connectivity index (χ4v) is 3.56. The maximum Gasteiger partial charge on any atom is 0.239 e. The number of benzene rings is 1. The van der Waals surface area contributed by atoms with Crippen LogP contribution in [0.1, 0.15) is 19.4 Å². The summed E-state index contributed by atoms with van der Waals surface area (Å²) in [5, 5.41) is 11.9. The Labute approximate surface area is 153 Å². The molecule has 0 saturated heterocycles. The van der Waals surface area contributed by atoms with Crippen molar-refractivity contribution < 1.29 is 4.79 Å². The van der Waals surface area contributed by atoms with Gasteiger partial charge in [-0.25, -0.2) is 10.1 Å². The Hall–Kier alpha value is -2.39. The van der Waals surface area contributed by atoms with Crippen LogP contribution in [0.5, 0.6) is 0 Å². The molecule has 0 saturated carbocycles. The van der Waals surface area contributed by atoms with E-state index in [1.807, 2.05) is 17.5 Å². The number of carbonyl (C=O) groups is 1. The van der Waals surface area contributed by atoms with Gasteiger partial charge in [0.1, 0.15) is 0 Å². The van der Waals surface area contributed by atoms with Crippen molar-refractivity contribution in [1.29, 1.82) is 0 Å². The molecule has 4 N–H and O–H groups in total. The molecule has 0 aliphatic heterocycles. The van der Waals surface area contributed by atoms with Crippen LogP contribution in [-0.4, -0.2) is 31.3 Å². The summed E-state index contributed by atoms with van der Waals surface area (Å²) in [5.74, 6) is 0.0735. The highest BCUT2D eigenvalue weighted by Crippen LogP contribution is 2.26. The number of nitrogen functional groups attached to an aromatic ring is 1. The van der Waals surface area contributed by atoms with Crippen molar-refractivity contribution >= 4 is 40.1 Å². The average Bonchev–Trinajstić information content (AvgIpc) is 3.24. The third-order valence-electron chi connectivity index (χ3n) is 3.53. The van der Waals surface area contributed by atoms with Crippen LogP contribution in [0, 0.1) is 0 Å². The number of hydrogen-bond donors (Lipinski definition) is 3. The van der Waals surface area contributed by atoms with Gasteiger partial charge in [-0.15, -0.1) is 16.4 Å². The molecule has 0 unspecified atom stereocenters. The molecule has 0 aliphatic carbocycles. The van der Waals surface area contributed by atoms with E-state index >= 15 is 0 Å². The molecule has 1 amide bonds. The van der Waals surface area contributed by atoms with Crippen LogP contribution < -0.4 is 11.1 Å². The van der Waals surface area contributed by atoms with Crippen LogP contribution in [0.2, 0.25) is 0 Å². The van der Waals surface area contributed by atoms with Gasteiger partial charge in [-0.1, -0.05) is 43.0 Å². The number of nitrogens with zero attached hydrogens (tertiary/aromatic N) is 3. The molecule has 0 aliphatic rings. The molecule has 2 heterocycles. The van der Waals surface area contributed by atoms with Gasteiger partial charge < -0.3 is 11.1 Å². The summed E-state index contributed by atoms with van der Waals surface area (Å²) in [6, 6.07) is 8.28. The average molecular weight is 374 g/mol. The Morgan fingerprint density at radius 2 is 2.12 bits per heavy atom. The topological polar surface area (TPSA) is 110 Å². The van der Waals surface area contributed by atoms with Gasteiger partial charge in [-0.2, -0.15) is 4.98 Å². The molecule has 2 aromatic heterocycles. The van der Waals surface area contributed by atoms with E-state index in [0.717, 1.165) is 17.7 Å². The predicted octanol–water partition coefficient (Wildman–Crippen LogP) is 3.19. The fourth-order valence-electron chi connectivity index (χ4n) is 2.10. The number of thiazole rings is 1. The minimum absolute atomic E-state index is 0.157. The summed E-state index contributed by atoms with van der Waals surface area (Å²) in [5.41, 5.74) is 8.65. The third-order valence-corrected chi connectivity index (χ3v) is 5.24. The first-order chi connectivity index (χ1) is 12.0. The fraction of sp³-hybridized carbons (Fsp3) is 0.250. The SMILES string of the molecule is CCc1ccc(-c2csc(NC(=O)[C@@H](C)Sc3n[nH]c(N)n3)n2)cc1. The first-order valence-electron chi connectivity index (χ1n) is 7.75. The highest BCUT2D eigenvalue weighted by atomic mass is 32.2. The van der Waals surface area contributed by atoms with Gasteiger partial charge in [0.05, 0.1) is 10.9 Å². The van der Waals surface area contributed by atoms with Crippen LogP contribution >= 0.6 is 23.1 Å². The Balaban J connectivity index is 1.62. The molecular formula is C16H18N6OS2. The van der Waals surface area contributed by atoms with Gasteiger partial charge >= 0.3 is 0 Å². The maximum absolute atomic E-state index is 12.3. The lowest BCUT2D eigenvalue weighted by Crippen LogP contribution is -2.22. The van der Waals surface area contributed by atoms with Crippen molar-refractivity contribution in [3.8, 4) is 11.3 Å².